The highest BCUT2D eigenvalue weighted by Gasteiger charge is 2.26. The molecule has 2 aromatic carbocycles. The SMILES string of the molecule is CCOc1ccc(-n2c(SCc3ccccc3F)nc3sc4c(c3c2=O)CCN(C(C)C)C4)cc1. The van der Waals surface area contributed by atoms with Crippen molar-refractivity contribution in [2.45, 2.75) is 50.7 Å². The number of hydrogen-bond donors (Lipinski definition) is 0. The van der Waals surface area contributed by atoms with E-state index >= 15 is 0 Å². The van der Waals surface area contributed by atoms with Gasteiger partial charge >= 0.3 is 0 Å². The Bertz CT molecular complexity index is 1410. The molecule has 5 rings (SSSR count). The van der Waals surface area contributed by atoms with Gasteiger partial charge in [0.15, 0.2) is 5.16 Å². The smallest absolute Gasteiger partial charge is 0.267 e. The molecule has 3 heterocycles. The van der Waals surface area contributed by atoms with Crippen molar-refractivity contribution < 1.29 is 9.13 Å². The minimum absolute atomic E-state index is 0.0642. The van der Waals surface area contributed by atoms with E-state index < -0.39 is 0 Å². The molecule has 1 aliphatic heterocycles. The lowest BCUT2D eigenvalue weighted by Crippen LogP contribution is -2.35. The Morgan fingerprint density at radius 1 is 1.17 bits per heavy atom. The van der Waals surface area contributed by atoms with E-state index in [9.17, 15) is 9.18 Å². The molecule has 0 radical (unpaired) electrons. The molecule has 4 aromatic rings. The molecule has 0 unspecified atom stereocenters. The number of thiophene rings is 1. The van der Waals surface area contributed by atoms with Crippen LogP contribution in [0.5, 0.6) is 5.75 Å². The standard InChI is InChI=1S/C27H28FN3O2S2/c1-4-33-20-11-9-19(10-12-20)31-26(32)24-21-13-14-30(17(2)3)15-23(21)35-25(24)29-27(31)34-16-18-7-5-6-8-22(18)28/h5-12,17H,4,13-16H2,1-3H3. The molecule has 0 fully saturated rings. The van der Waals surface area contributed by atoms with E-state index in [0.29, 0.717) is 29.1 Å². The van der Waals surface area contributed by atoms with E-state index in [1.807, 2.05) is 37.3 Å². The van der Waals surface area contributed by atoms with Crippen LogP contribution in [0.4, 0.5) is 4.39 Å². The van der Waals surface area contributed by atoms with Crippen LogP contribution in [0.3, 0.4) is 0 Å². The number of halogens is 1. The van der Waals surface area contributed by atoms with E-state index in [0.717, 1.165) is 46.7 Å². The van der Waals surface area contributed by atoms with E-state index in [-0.39, 0.29) is 11.4 Å². The highest BCUT2D eigenvalue weighted by molar-refractivity contribution is 7.98. The van der Waals surface area contributed by atoms with Crippen LogP contribution in [-0.4, -0.2) is 33.6 Å². The fourth-order valence-corrected chi connectivity index (χ4v) is 6.71. The van der Waals surface area contributed by atoms with Crippen molar-refractivity contribution in [2.75, 3.05) is 13.2 Å². The maximum absolute atomic E-state index is 14.3. The highest BCUT2D eigenvalue weighted by Crippen LogP contribution is 2.35. The number of nitrogens with zero attached hydrogens (tertiary/aromatic N) is 3. The first-order chi connectivity index (χ1) is 17.0. The van der Waals surface area contributed by atoms with Gasteiger partial charge in [-0.1, -0.05) is 30.0 Å². The van der Waals surface area contributed by atoms with Crippen LogP contribution in [-0.2, 0) is 18.7 Å². The van der Waals surface area contributed by atoms with Gasteiger partial charge in [-0.3, -0.25) is 14.3 Å². The lowest BCUT2D eigenvalue weighted by atomic mass is 10.0. The molecule has 0 saturated carbocycles. The molecule has 1 aliphatic rings. The molecule has 182 valence electrons. The molecule has 0 atom stereocenters. The summed E-state index contributed by atoms with van der Waals surface area (Å²) >= 11 is 2.99. The molecule has 0 amide bonds. The lowest BCUT2D eigenvalue weighted by molar-refractivity contribution is 0.206. The normalized spacial score (nSPS) is 14.0. The van der Waals surface area contributed by atoms with Gasteiger partial charge in [-0.05, 0) is 68.7 Å². The molecule has 5 nitrogen and oxygen atoms in total. The largest absolute Gasteiger partial charge is 0.494 e. The van der Waals surface area contributed by atoms with Crippen molar-refractivity contribution in [3.63, 3.8) is 0 Å². The van der Waals surface area contributed by atoms with E-state index in [1.54, 1.807) is 28.0 Å². The van der Waals surface area contributed by atoms with Gasteiger partial charge in [-0.2, -0.15) is 0 Å². The predicted molar refractivity (Wildman–Crippen MR) is 142 cm³/mol. The Morgan fingerprint density at radius 2 is 1.94 bits per heavy atom. The van der Waals surface area contributed by atoms with E-state index in [1.165, 1.54) is 22.7 Å². The van der Waals surface area contributed by atoms with Gasteiger partial charge in [-0.25, -0.2) is 9.37 Å². The summed E-state index contributed by atoms with van der Waals surface area (Å²) in [4.78, 5) is 23.4. The average Bonchev–Trinajstić information content (AvgIpc) is 3.22. The second-order valence-electron chi connectivity index (χ2n) is 8.84. The minimum Gasteiger partial charge on any atom is -0.494 e. The van der Waals surface area contributed by atoms with E-state index in [2.05, 4.69) is 18.7 Å². The van der Waals surface area contributed by atoms with Crippen LogP contribution < -0.4 is 10.3 Å². The van der Waals surface area contributed by atoms with E-state index in [4.69, 9.17) is 9.72 Å². The zero-order valence-corrected chi connectivity index (χ0v) is 21.7. The molecule has 0 bridgehead atoms. The van der Waals surface area contributed by atoms with Gasteiger partial charge in [0, 0.05) is 29.8 Å². The highest BCUT2D eigenvalue weighted by atomic mass is 32.2. The summed E-state index contributed by atoms with van der Waals surface area (Å²) in [6.07, 6.45) is 0.843. The van der Waals surface area contributed by atoms with Gasteiger partial charge in [0.25, 0.3) is 5.56 Å². The number of rotatable bonds is 7. The number of ether oxygens (including phenoxy) is 1. The predicted octanol–water partition coefficient (Wildman–Crippen LogP) is 6.04. The van der Waals surface area contributed by atoms with Crippen LogP contribution in [0.15, 0.2) is 58.5 Å². The van der Waals surface area contributed by atoms with Gasteiger partial charge in [0.05, 0.1) is 17.7 Å². The summed E-state index contributed by atoms with van der Waals surface area (Å²) in [6, 6.07) is 14.7. The molecule has 2 aromatic heterocycles. The first-order valence-corrected chi connectivity index (χ1v) is 13.7. The second kappa shape index (κ2) is 10.1. The molecule has 0 spiro atoms. The zero-order chi connectivity index (χ0) is 24.5. The Kier molecular flexibility index (Phi) is 6.95. The van der Waals surface area contributed by atoms with Crippen LogP contribution >= 0.6 is 23.1 Å². The maximum atomic E-state index is 14.3. The van der Waals surface area contributed by atoms with Gasteiger partial charge in [-0.15, -0.1) is 11.3 Å². The van der Waals surface area contributed by atoms with Crippen molar-refractivity contribution in [2.24, 2.45) is 0 Å². The third-order valence-corrected chi connectivity index (χ3v) is 8.42. The van der Waals surface area contributed by atoms with Crippen molar-refractivity contribution in [1.82, 2.24) is 14.5 Å². The summed E-state index contributed by atoms with van der Waals surface area (Å²) in [7, 11) is 0. The first-order valence-electron chi connectivity index (χ1n) is 11.9. The summed E-state index contributed by atoms with van der Waals surface area (Å²) in [5, 5.41) is 1.28. The molecule has 0 N–H and O–H groups in total. The molecular formula is C27H28FN3O2S2. The Labute approximate surface area is 212 Å². The number of hydrogen-bond acceptors (Lipinski definition) is 6. The Hall–Kier alpha value is -2.68. The lowest BCUT2D eigenvalue weighted by Gasteiger charge is -2.30. The van der Waals surface area contributed by atoms with Crippen LogP contribution in [0.1, 0.15) is 36.8 Å². The van der Waals surface area contributed by atoms with Crippen molar-refractivity contribution >= 4 is 33.3 Å². The van der Waals surface area contributed by atoms with Crippen LogP contribution in [0.2, 0.25) is 0 Å². The summed E-state index contributed by atoms with van der Waals surface area (Å²) in [5.74, 6) is 0.880. The molecular weight excluding hydrogens is 481 g/mol. The summed E-state index contributed by atoms with van der Waals surface area (Å²) in [5.41, 5.74) is 2.38. The number of benzene rings is 2. The third kappa shape index (κ3) is 4.75. The molecule has 0 aliphatic carbocycles. The monoisotopic (exact) mass is 509 g/mol. The zero-order valence-electron chi connectivity index (χ0n) is 20.1. The van der Waals surface area contributed by atoms with Crippen molar-refractivity contribution in [3.8, 4) is 11.4 Å². The summed E-state index contributed by atoms with van der Waals surface area (Å²) < 4.78 is 21.6. The Balaban J connectivity index is 1.62. The topological polar surface area (TPSA) is 47.4 Å². The fraction of sp³-hybridized carbons (Fsp3) is 0.333. The van der Waals surface area contributed by atoms with Gasteiger partial charge in [0.2, 0.25) is 0 Å². The average molecular weight is 510 g/mol. The van der Waals surface area contributed by atoms with Crippen LogP contribution in [0, 0.1) is 5.82 Å². The van der Waals surface area contributed by atoms with Crippen molar-refractivity contribution in [1.29, 1.82) is 0 Å². The minimum atomic E-state index is -0.253. The maximum Gasteiger partial charge on any atom is 0.267 e. The molecule has 0 saturated heterocycles. The first kappa shape index (κ1) is 24.0. The second-order valence-corrected chi connectivity index (χ2v) is 10.9. The fourth-order valence-electron chi connectivity index (χ4n) is 4.42. The Morgan fingerprint density at radius 3 is 2.66 bits per heavy atom. The third-order valence-electron chi connectivity index (χ3n) is 6.32. The summed E-state index contributed by atoms with van der Waals surface area (Å²) in [6.45, 7) is 8.69. The van der Waals surface area contributed by atoms with Crippen LogP contribution in [0.25, 0.3) is 15.9 Å². The number of fused-ring (bicyclic) bond motifs is 3. The van der Waals surface area contributed by atoms with Gasteiger partial charge < -0.3 is 4.74 Å². The quantitative estimate of drug-likeness (QED) is 0.224. The van der Waals surface area contributed by atoms with Crippen molar-refractivity contribution in [3.05, 3.63) is 80.7 Å². The molecule has 35 heavy (non-hydrogen) atoms. The van der Waals surface area contributed by atoms with Gasteiger partial charge in [0.1, 0.15) is 16.4 Å². The number of thioether (sulfide) groups is 1. The molecule has 8 heteroatoms. The number of aromatic nitrogens is 2.